The molecule has 2 aromatic rings. The van der Waals surface area contributed by atoms with Crippen molar-refractivity contribution in [3.05, 3.63) is 24.2 Å². The van der Waals surface area contributed by atoms with Gasteiger partial charge in [0.05, 0.1) is 18.0 Å². The van der Waals surface area contributed by atoms with Gasteiger partial charge in [0.2, 0.25) is 0 Å². The van der Waals surface area contributed by atoms with Crippen molar-refractivity contribution in [2.45, 2.75) is 0 Å². The number of nitrogens with one attached hydrogen (secondary N) is 1. The van der Waals surface area contributed by atoms with E-state index in [0.29, 0.717) is 16.6 Å². The van der Waals surface area contributed by atoms with Crippen molar-refractivity contribution in [3.8, 4) is 0 Å². The zero-order valence-electron chi connectivity index (χ0n) is 6.94. The summed E-state index contributed by atoms with van der Waals surface area (Å²) in [7, 11) is 1.32. The molecule has 5 nitrogen and oxygen atoms in total. The number of hydrogen-bond acceptors (Lipinski definition) is 4. The third-order valence-corrected chi connectivity index (χ3v) is 1.75. The Bertz CT molecular complexity index is 449. The average Bonchev–Trinajstić information content (AvgIpc) is 2.60. The standard InChI is InChI=1S/C8H7N3O2/c1-13-8(12)7-5-4-9-3-2-6(5)10-11-7/h2-4H,1H3,(H,10,11). The molecule has 0 saturated heterocycles. The lowest BCUT2D eigenvalue weighted by atomic mass is 10.2. The molecule has 1 N–H and O–H groups in total. The van der Waals surface area contributed by atoms with Crippen LogP contribution in [-0.4, -0.2) is 28.3 Å². The van der Waals surface area contributed by atoms with E-state index >= 15 is 0 Å². The number of carbonyl (C=O) groups is 1. The Balaban J connectivity index is 2.64. The summed E-state index contributed by atoms with van der Waals surface area (Å²) in [5.74, 6) is -0.435. The fourth-order valence-electron chi connectivity index (χ4n) is 1.11. The van der Waals surface area contributed by atoms with Gasteiger partial charge in [0.25, 0.3) is 0 Å². The van der Waals surface area contributed by atoms with Gasteiger partial charge in [0.15, 0.2) is 5.69 Å². The molecule has 0 fully saturated rings. The summed E-state index contributed by atoms with van der Waals surface area (Å²) in [6, 6.07) is 1.72. The highest BCUT2D eigenvalue weighted by atomic mass is 16.5. The largest absolute Gasteiger partial charge is 0.464 e. The summed E-state index contributed by atoms with van der Waals surface area (Å²) >= 11 is 0. The Morgan fingerprint density at radius 2 is 2.46 bits per heavy atom. The first-order valence-electron chi connectivity index (χ1n) is 3.69. The molecule has 0 bridgehead atoms. The first-order chi connectivity index (χ1) is 6.33. The molecule has 13 heavy (non-hydrogen) atoms. The molecule has 0 aliphatic heterocycles. The summed E-state index contributed by atoms with van der Waals surface area (Å²) in [6.07, 6.45) is 3.19. The van der Waals surface area contributed by atoms with Gasteiger partial charge in [-0.25, -0.2) is 4.79 Å². The molecule has 0 saturated carbocycles. The predicted octanol–water partition coefficient (Wildman–Crippen LogP) is 0.744. The van der Waals surface area contributed by atoms with Crippen LogP contribution in [0.15, 0.2) is 18.5 Å². The molecule has 66 valence electrons. The summed E-state index contributed by atoms with van der Waals surface area (Å²) in [4.78, 5) is 15.1. The molecule has 0 aliphatic rings. The SMILES string of the molecule is COC(=O)c1[nH]nc2ccncc12. The van der Waals surface area contributed by atoms with Crippen molar-refractivity contribution in [3.63, 3.8) is 0 Å². The van der Waals surface area contributed by atoms with Gasteiger partial charge in [-0.2, -0.15) is 5.10 Å². The molecule has 0 spiro atoms. The maximum Gasteiger partial charge on any atom is 0.356 e. The van der Waals surface area contributed by atoms with E-state index in [1.54, 1.807) is 18.5 Å². The van der Waals surface area contributed by atoms with Crippen molar-refractivity contribution in [1.82, 2.24) is 15.2 Å². The Hall–Kier alpha value is -1.91. The third-order valence-electron chi connectivity index (χ3n) is 1.75. The molecule has 2 heterocycles. The zero-order valence-corrected chi connectivity index (χ0v) is 6.94. The Morgan fingerprint density at radius 1 is 1.62 bits per heavy atom. The lowest BCUT2D eigenvalue weighted by Gasteiger charge is -1.93. The molecule has 0 atom stereocenters. The van der Waals surface area contributed by atoms with E-state index in [1.807, 2.05) is 0 Å². The van der Waals surface area contributed by atoms with Crippen LogP contribution in [0.25, 0.3) is 10.9 Å². The van der Waals surface area contributed by atoms with Gasteiger partial charge >= 0.3 is 5.97 Å². The van der Waals surface area contributed by atoms with Gasteiger partial charge in [0, 0.05) is 12.4 Å². The Labute approximate surface area is 73.7 Å². The fourth-order valence-corrected chi connectivity index (χ4v) is 1.11. The molecule has 0 aliphatic carbocycles. The van der Waals surface area contributed by atoms with Crippen LogP contribution in [0.5, 0.6) is 0 Å². The number of aromatic nitrogens is 3. The number of rotatable bonds is 1. The molecule has 0 radical (unpaired) electrons. The topological polar surface area (TPSA) is 67.9 Å². The van der Waals surface area contributed by atoms with Crippen LogP contribution in [0.2, 0.25) is 0 Å². The van der Waals surface area contributed by atoms with E-state index in [-0.39, 0.29) is 0 Å². The Morgan fingerprint density at radius 3 is 3.23 bits per heavy atom. The van der Waals surface area contributed by atoms with E-state index in [9.17, 15) is 4.79 Å². The normalized spacial score (nSPS) is 10.2. The second kappa shape index (κ2) is 2.85. The minimum Gasteiger partial charge on any atom is -0.464 e. The second-order valence-electron chi connectivity index (χ2n) is 2.48. The number of pyridine rings is 1. The number of aromatic amines is 1. The smallest absolute Gasteiger partial charge is 0.356 e. The van der Waals surface area contributed by atoms with E-state index in [0.717, 1.165) is 0 Å². The molecule has 2 aromatic heterocycles. The van der Waals surface area contributed by atoms with E-state index in [2.05, 4.69) is 19.9 Å². The average molecular weight is 177 g/mol. The lowest BCUT2D eigenvalue weighted by Crippen LogP contribution is -2.01. The number of hydrogen-bond donors (Lipinski definition) is 1. The van der Waals surface area contributed by atoms with Crippen LogP contribution in [0.1, 0.15) is 10.5 Å². The number of fused-ring (bicyclic) bond motifs is 1. The quantitative estimate of drug-likeness (QED) is 0.652. The van der Waals surface area contributed by atoms with Gasteiger partial charge in [-0.05, 0) is 6.07 Å². The summed E-state index contributed by atoms with van der Waals surface area (Å²) in [5, 5.41) is 7.20. The zero-order chi connectivity index (χ0) is 9.26. The van der Waals surface area contributed by atoms with Gasteiger partial charge in [0.1, 0.15) is 0 Å². The van der Waals surface area contributed by atoms with Crippen molar-refractivity contribution in [1.29, 1.82) is 0 Å². The number of H-pyrrole nitrogens is 1. The van der Waals surface area contributed by atoms with Gasteiger partial charge in [-0.3, -0.25) is 10.1 Å². The predicted molar refractivity (Wildman–Crippen MR) is 45.2 cm³/mol. The van der Waals surface area contributed by atoms with Crippen molar-refractivity contribution in [2.75, 3.05) is 7.11 Å². The summed E-state index contributed by atoms with van der Waals surface area (Å²) in [6.45, 7) is 0. The van der Waals surface area contributed by atoms with E-state index in [1.165, 1.54) is 7.11 Å². The third kappa shape index (κ3) is 1.14. The second-order valence-corrected chi connectivity index (χ2v) is 2.48. The number of carbonyl (C=O) groups excluding carboxylic acids is 1. The van der Waals surface area contributed by atoms with Crippen LogP contribution in [-0.2, 0) is 4.74 Å². The highest BCUT2D eigenvalue weighted by Crippen LogP contribution is 2.13. The number of nitrogens with zero attached hydrogens (tertiary/aromatic N) is 2. The minimum atomic E-state index is -0.435. The Kier molecular flexibility index (Phi) is 1.70. The van der Waals surface area contributed by atoms with E-state index in [4.69, 9.17) is 0 Å². The van der Waals surface area contributed by atoms with Crippen molar-refractivity contribution in [2.24, 2.45) is 0 Å². The molecule has 0 amide bonds. The lowest BCUT2D eigenvalue weighted by molar-refractivity contribution is 0.0596. The number of esters is 1. The highest BCUT2D eigenvalue weighted by Gasteiger charge is 2.12. The van der Waals surface area contributed by atoms with Crippen LogP contribution < -0.4 is 0 Å². The molecule has 2 rings (SSSR count). The van der Waals surface area contributed by atoms with Gasteiger partial charge in [-0.15, -0.1) is 0 Å². The monoisotopic (exact) mass is 177 g/mol. The molecule has 5 heteroatoms. The van der Waals surface area contributed by atoms with Crippen LogP contribution in [0.4, 0.5) is 0 Å². The first-order valence-corrected chi connectivity index (χ1v) is 3.69. The van der Waals surface area contributed by atoms with Crippen molar-refractivity contribution >= 4 is 16.9 Å². The van der Waals surface area contributed by atoms with Crippen LogP contribution in [0.3, 0.4) is 0 Å². The van der Waals surface area contributed by atoms with Crippen LogP contribution >= 0.6 is 0 Å². The van der Waals surface area contributed by atoms with E-state index < -0.39 is 5.97 Å². The fraction of sp³-hybridized carbons (Fsp3) is 0.125. The molecule has 0 unspecified atom stereocenters. The number of methoxy groups -OCH3 is 1. The van der Waals surface area contributed by atoms with Gasteiger partial charge < -0.3 is 4.74 Å². The minimum absolute atomic E-state index is 0.339. The first kappa shape index (κ1) is 7.72. The number of ether oxygens (including phenoxy) is 1. The highest BCUT2D eigenvalue weighted by molar-refractivity contribution is 6.01. The maximum atomic E-state index is 11.2. The van der Waals surface area contributed by atoms with Crippen molar-refractivity contribution < 1.29 is 9.53 Å². The molecular formula is C8H7N3O2. The molecule has 0 aromatic carbocycles. The van der Waals surface area contributed by atoms with Gasteiger partial charge in [-0.1, -0.05) is 0 Å². The van der Waals surface area contributed by atoms with Crippen LogP contribution in [0, 0.1) is 0 Å². The summed E-state index contributed by atoms with van der Waals surface area (Å²) in [5.41, 5.74) is 1.04. The summed E-state index contributed by atoms with van der Waals surface area (Å²) < 4.78 is 4.56. The maximum absolute atomic E-state index is 11.2. The molecular weight excluding hydrogens is 170 g/mol.